The van der Waals surface area contributed by atoms with E-state index in [1.165, 1.54) is 0 Å². The normalized spacial score (nSPS) is 10.7. The van der Waals surface area contributed by atoms with Crippen molar-refractivity contribution in [2.75, 3.05) is 13.2 Å². The van der Waals surface area contributed by atoms with E-state index in [4.69, 9.17) is 4.74 Å². The molecule has 33 heavy (non-hydrogen) atoms. The Balaban J connectivity index is 1.61. The molecular formula is C24H17N3O6. The molecule has 0 heterocycles. The highest BCUT2D eigenvalue weighted by molar-refractivity contribution is 5.93. The Hall–Kier alpha value is -4.66. The van der Waals surface area contributed by atoms with Crippen molar-refractivity contribution in [1.82, 2.24) is 0 Å². The van der Waals surface area contributed by atoms with E-state index in [2.05, 4.69) is 4.99 Å². The topological polar surface area (TPSA) is 125 Å². The molecule has 164 valence electrons. The number of esters is 1. The van der Waals surface area contributed by atoms with Gasteiger partial charge in [-0.1, -0.05) is 60.7 Å². The van der Waals surface area contributed by atoms with Gasteiger partial charge in [-0.25, -0.2) is 4.79 Å². The van der Waals surface area contributed by atoms with E-state index in [-0.39, 0.29) is 18.7 Å². The molecular weight excluding hydrogens is 426 g/mol. The summed E-state index contributed by atoms with van der Waals surface area (Å²) in [5, 5.41) is 26.7. The summed E-state index contributed by atoms with van der Waals surface area (Å²) in [4.78, 5) is 37.5. The van der Waals surface area contributed by atoms with Gasteiger partial charge in [-0.15, -0.1) is 0 Å². The standard InChI is InChI=1S/C24H17N3O6/c28-24(18-13-19(26(29)30)15-20(14-18)27(31)32)33-12-11-25-23-21-7-3-1-5-16(21)9-10-17-6-2-4-8-22(17)23/h1-10,13-15H,11-12H2. The van der Waals surface area contributed by atoms with Crippen molar-refractivity contribution in [3.05, 3.63) is 110 Å². The maximum Gasteiger partial charge on any atom is 0.338 e. The van der Waals surface area contributed by atoms with Gasteiger partial charge in [0.25, 0.3) is 11.4 Å². The Kier molecular flexibility index (Phi) is 6.03. The van der Waals surface area contributed by atoms with Crippen molar-refractivity contribution in [2.24, 2.45) is 4.99 Å². The number of hydrogen-bond donors (Lipinski definition) is 0. The van der Waals surface area contributed by atoms with E-state index in [1.807, 2.05) is 60.7 Å². The fourth-order valence-electron chi connectivity index (χ4n) is 3.51. The average molecular weight is 443 g/mol. The van der Waals surface area contributed by atoms with E-state index in [0.717, 1.165) is 45.1 Å². The van der Waals surface area contributed by atoms with E-state index < -0.39 is 27.2 Å². The monoisotopic (exact) mass is 443 g/mol. The lowest BCUT2D eigenvalue weighted by molar-refractivity contribution is -0.394. The molecule has 0 saturated heterocycles. The molecule has 0 radical (unpaired) electrons. The lowest BCUT2D eigenvalue weighted by Gasteiger charge is -2.04. The molecule has 4 aromatic rings. The van der Waals surface area contributed by atoms with Gasteiger partial charge in [-0.05, 0) is 10.8 Å². The molecule has 0 fully saturated rings. The summed E-state index contributed by atoms with van der Waals surface area (Å²) < 4.78 is 5.19. The minimum absolute atomic E-state index is 0.101. The van der Waals surface area contributed by atoms with E-state index in [1.54, 1.807) is 0 Å². The third kappa shape index (κ3) is 4.67. The predicted molar refractivity (Wildman–Crippen MR) is 122 cm³/mol. The van der Waals surface area contributed by atoms with Crippen LogP contribution in [0.4, 0.5) is 11.4 Å². The quantitative estimate of drug-likeness (QED) is 0.186. The second-order valence-corrected chi connectivity index (χ2v) is 7.13. The van der Waals surface area contributed by atoms with Gasteiger partial charge in [0, 0.05) is 22.9 Å². The summed E-state index contributed by atoms with van der Waals surface area (Å²) in [7, 11) is 0. The molecule has 9 heteroatoms. The molecule has 0 bridgehead atoms. The summed E-state index contributed by atoms with van der Waals surface area (Å²) in [6.07, 6.45) is 0. The van der Waals surface area contributed by atoms with Crippen LogP contribution in [0.5, 0.6) is 0 Å². The van der Waals surface area contributed by atoms with Gasteiger partial charge in [0.05, 0.1) is 33.4 Å². The lowest BCUT2D eigenvalue weighted by atomic mass is 10.1. The van der Waals surface area contributed by atoms with Gasteiger partial charge in [0.1, 0.15) is 6.61 Å². The van der Waals surface area contributed by atoms with Crippen LogP contribution in [0.2, 0.25) is 0 Å². The number of nitro benzene ring substituents is 2. The molecule has 0 N–H and O–H groups in total. The van der Waals surface area contributed by atoms with Crippen molar-refractivity contribution < 1.29 is 19.4 Å². The molecule has 0 atom stereocenters. The Labute approximate surface area is 186 Å². The van der Waals surface area contributed by atoms with Crippen LogP contribution in [-0.2, 0) is 4.74 Å². The van der Waals surface area contributed by atoms with Gasteiger partial charge >= 0.3 is 5.97 Å². The van der Waals surface area contributed by atoms with Gasteiger partial charge in [0.15, 0.2) is 0 Å². The molecule has 4 aromatic carbocycles. The summed E-state index contributed by atoms with van der Waals surface area (Å²) in [6.45, 7) is 0.0390. The first-order valence-electron chi connectivity index (χ1n) is 9.96. The third-order valence-corrected chi connectivity index (χ3v) is 5.03. The smallest absolute Gasteiger partial charge is 0.338 e. The number of nitro groups is 2. The van der Waals surface area contributed by atoms with Crippen molar-refractivity contribution in [3.63, 3.8) is 0 Å². The number of ether oxygens (including phenoxy) is 1. The average Bonchev–Trinajstić information content (AvgIpc) is 2.98. The molecule has 0 aliphatic heterocycles. The number of benzene rings is 3. The second kappa shape index (κ2) is 9.23. The predicted octanol–water partition coefficient (Wildman–Crippen LogP) is 4.57. The molecule has 9 nitrogen and oxygen atoms in total. The molecule has 0 spiro atoms. The van der Waals surface area contributed by atoms with Crippen LogP contribution in [0.25, 0.3) is 21.5 Å². The van der Waals surface area contributed by atoms with Crippen LogP contribution in [0.15, 0.2) is 83.9 Å². The summed E-state index contributed by atoms with van der Waals surface area (Å²) >= 11 is 0. The fourth-order valence-corrected chi connectivity index (χ4v) is 3.51. The van der Waals surface area contributed by atoms with Crippen LogP contribution in [-0.4, -0.2) is 29.0 Å². The maximum absolute atomic E-state index is 12.4. The molecule has 4 rings (SSSR count). The van der Waals surface area contributed by atoms with E-state index in [0.29, 0.717) is 0 Å². The van der Waals surface area contributed by atoms with Crippen molar-refractivity contribution >= 4 is 38.9 Å². The van der Waals surface area contributed by atoms with Crippen LogP contribution < -0.4 is 5.36 Å². The molecule has 0 saturated carbocycles. The first-order chi connectivity index (χ1) is 15.9. The Bertz CT molecular complexity index is 1390. The Morgan fingerprint density at radius 1 is 0.788 bits per heavy atom. The highest BCUT2D eigenvalue weighted by Gasteiger charge is 2.20. The highest BCUT2D eigenvalue weighted by Crippen LogP contribution is 2.23. The lowest BCUT2D eigenvalue weighted by Crippen LogP contribution is -2.11. The second-order valence-electron chi connectivity index (χ2n) is 7.13. The van der Waals surface area contributed by atoms with Crippen LogP contribution in [0.1, 0.15) is 10.4 Å². The number of fused-ring (bicyclic) bond motifs is 2. The number of hydrogen-bond acceptors (Lipinski definition) is 7. The Morgan fingerprint density at radius 2 is 1.30 bits per heavy atom. The SMILES string of the molecule is O=C(OCCN=c1c2ccccc2ccc2ccccc12)c1cc([N+](=O)[O-])cc([N+](=O)[O-])c1. The number of carbonyl (C=O) groups is 1. The molecule has 0 amide bonds. The minimum atomic E-state index is -0.898. The first-order valence-corrected chi connectivity index (χ1v) is 9.96. The van der Waals surface area contributed by atoms with Gasteiger partial charge in [-0.3, -0.25) is 25.2 Å². The summed E-state index contributed by atoms with van der Waals surface area (Å²) in [5.41, 5.74) is -1.39. The number of non-ortho nitro benzene ring substituents is 2. The molecule has 0 unspecified atom stereocenters. The highest BCUT2D eigenvalue weighted by atomic mass is 16.6. The van der Waals surface area contributed by atoms with Gasteiger partial charge in [-0.2, -0.15) is 0 Å². The third-order valence-electron chi connectivity index (χ3n) is 5.03. The van der Waals surface area contributed by atoms with Crippen molar-refractivity contribution in [3.8, 4) is 0 Å². The van der Waals surface area contributed by atoms with Crippen molar-refractivity contribution in [2.45, 2.75) is 0 Å². The van der Waals surface area contributed by atoms with E-state index in [9.17, 15) is 25.0 Å². The van der Waals surface area contributed by atoms with Gasteiger partial charge in [0.2, 0.25) is 0 Å². The summed E-state index contributed by atoms with van der Waals surface area (Å²) in [5.74, 6) is -0.898. The maximum atomic E-state index is 12.4. The minimum Gasteiger partial charge on any atom is -0.460 e. The van der Waals surface area contributed by atoms with Crippen LogP contribution in [0, 0.1) is 20.2 Å². The molecule has 0 aromatic heterocycles. The zero-order chi connectivity index (χ0) is 23.4. The number of carbonyl (C=O) groups excluding carboxylic acids is 1. The van der Waals surface area contributed by atoms with Crippen LogP contribution in [0.3, 0.4) is 0 Å². The largest absolute Gasteiger partial charge is 0.460 e. The van der Waals surface area contributed by atoms with Crippen molar-refractivity contribution in [1.29, 1.82) is 0 Å². The van der Waals surface area contributed by atoms with E-state index >= 15 is 0 Å². The molecule has 0 aliphatic rings. The zero-order valence-corrected chi connectivity index (χ0v) is 17.2. The zero-order valence-electron chi connectivity index (χ0n) is 17.2. The molecule has 0 aliphatic carbocycles. The van der Waals surface area contributed by atoms with Crippen LogP contribution >= 0.6 is 0 Å². The first kappa shape index (κ1) is 21.6. The van der Waals surface area contributed by atoms with Gasteiger partial charge < -0.3 is 4.74 Å². The number of nitrogens with zero attached hydrogens (tertiary/aromatic N) is 3. The summed E-state index contributed by atoms with van der Waals surface area (Å²) in [6, 6.07) is 22.4. The number of rotatable bonds is 6. The fraction of sp³-hybridized carbons (Fsp3) is 0.0833. The Morgan fingerprint density at radius 3 is 1.82 bits per heavy atom.